The standard InChI is InChI=1S/C17H16ClN3O2S3/c1-2-13-15(23)21(17(24)26-13)9-14(22)20-16-19-8-12(25-16)7-10-4-3-5-11(18)6-10/h3-6,8,13H,2,7,9H2,1H3,(H,19,20,22). The molecule has 1 unspecified atom stereocenters. The van der Waals surface area contributed by atoms with Crippen molar-refractivity contribution < 1.29 is 9.59 Å². The summed E-state index contributed by atoms with van der Waals surface area (Å²) in [6.07, 6.45) is 3.12. The molecule has 2 aromatic rings. The van der Waals surface area contributed by atoms with Gasteiger partial charge in [-0.15, -0.1) is 11.3 Å². The molecule has 0 aliphatic carbocycles. The molecular weight excluding hydrogens is 410 g/mol. The molecule has 0 spiro atoms. The van der Waals surface area contributed by atoms with Gasteiger partial charge < -0.3 is 5.32 Å². The molecule has 1 atom stereocenters. The van der Waals surface area contributed by atoms with E-state index >= 15 is 0 Å². The van der Waals surface area contributed by atoms with E-state index in [-0.39, 0.29) is 23.6 Å². The molecule has 9 heteroatoms. The summed E-state index contributed by atoms with van der Waals surface area (Å²) in [7, 11) is 0. The predicted octanol–water partition coefficient (Wildman–Crippen LogP) is 3.96. The Morgan fingerprint density at radius 3 is 2.96 bits per heavy atom. The third-order valence-corrected chi connectivity index (χ3v) is 6.64. The molecule has 2 amide bonds. The van der Waals surface area contributed by atoms with Gasteiger partial charge in [-0.1, -0.05) is 54.6 Å². The van der Waals surface area contributed by atoms with Crippen LogP contribution in [0.2, 0.25) is 5.02 Å². The van der Waals surface area contributed by atoms with Crippen LogP contribution in [0.15, 0.2) is 30.5 Å². The number of thiazole rings is 1. The Bertz CT molecular complexity index is 855. The average Bonchev–Trinajstić information content (AvgIpc) is 3.13. The van der Waals surface area contributed by atoms with Gasteiger partial charge in [-0.3, -0.25) is 14.5 Å². The fourth-order valence-electron chi connectivity index (χ4n) is 2.50. The molecule has 1 aromatic heterocycles. The molecule has 26 heavy (non-hydrogen) atoms. The third-order valence-electron chi connectivity index (χ3n) is 3.74. The molecule has 1 aromatic carbocycles. The van der Waals surface area contributed by atoms with Crippen LogP contribution in [0.4, 0.5) is 5.13 Å². The number of carbonyl (C=O) groups is 2. The van der Waals surface area contributed by atoms with Crippen LogP contribution in [-0.4, -0.2) is 37.8 Å². The van der Waals surface area contributed by atoms with Gasteiger partial charge in [0.15, 0.2) is 5.13 Å². The van der Waals surface area contributed by atoms with Crippen molar-refractivity contribution in [3.05, 3.63) is 45.9 Å². The van der Waals surface area contributed by atoms with Crippen molar-refractivity contribution in [2.75, 3.05) is 11.9 Å². The maximum Gasteiger partial charge on any atom is 0.246 e. The molecule has 1 fully saturated rings. The number of halogens is 1. The second-order valence-electron chi connectivity index (χ2n) is 5.69. The Hall–Kier alpha value is -1.48. The van der Waals surface area contributed by atoms with Gasteiger partial charge in [0.05, 0.1) is 5.25 Å². The number of nitrogens with zero attached hydrogens (tertiary/aromatic N) is 2. The summed E-state index contributed by atoms with van der Waals surface area (Å²) >= 11 is 13.9. The van der Waals surface area contributed by atoms with Crippen molar-refractivity contribution in [2.45, 2.75) is 25.0 Å². The molecule has 1 saturated heterocycles. The number of carbonyl (C=O) groups excluding carboxylic acids is 2. The van der Waals surface area contributed by atoms with E-state index in [1.54, 1.807) is 6.20 Å². The van der Waals surface area contributed by atoms with Gasteiger partial charge in [0.2, 0.25) is 11.8 Å². The normalized spacial score (nSPS) is 17.0. The smallest absolute Gasteiger partial charge is 0.246 e. The summed E-state index contributed by atoms with van der Waals surface area (Å²) in [5, 5.41) is 3.75. The lowest BCUT2D eigenvalue weighted by molar-refractivity contribution is -0.129. The first kappa shape index (κ1) is 19.3. The van der Waals surface area contributed by atoms with Crippen molar-refractivity contribution in [1.82, 2.24) is 9.88 Å². The van der Waals surface area contributed by atoms with Crippen LogP contribution in [0, 0.1) is 0 Å². The first-order valence-electron chi connectivity index (χ1n) is 7.97. The summed E-state index contributed by atoms with van der Waals surface area (Å²) < 4.78 is 0.456. The van der Waals surface area contributed by atoms with E-state index in [9.17, 15) is 9.59 Å². The SMILES string of the molecule is CCC1SC(=S)N(CC(=O)Nc2ncc(Cc3cccc(Cl)c3)s2)C1=O. The van der Waals surface area contributed by atoms with E-state index in [4.69, 9.17) is 23.8 Å². The van der Waals surface area contributed by atoms with E-state index in [1.807, 2.05) is 31.2 Å². The fourth-order valence-corrected chi connectivity index (χ4v) is 5.00. The van der Waals surface area contributed by atoms with E-state index < -0.39 is 0 Å². The number of hydrogen-bond acceptors (Lipinski definition) is 6. The average molecular weight is 426 g/mol. The third kappa shape index (κ3) is 4.62. The maximum atomic E-state index is 12.2. The van der Waals surface area contributed by atoms with Crippen LogP contribution in [-0.2, 0) is 16.0 Å². The number of hydrogen-bond donors (Lipinski definition) is 1. The molecule has 1 N–H and O–H groups in total. The second-order valence-corrected chi connectivity index (χ2v) is 9.08. The zero-order chi connectivity index (χ0) is 18.7. The summed E-state index contributed by atoms with van der Waals surface area (Å²) in [4.78, 5) is 31.0. The number of nitrogens with one attached hydrogen (secondary N) is 1. The lowest BCUT2D eigenvalue weighted by atomic mass is 10.1. The molecule has 2 heterocycles. The molecule has 136 valence electrons. The first-order chi connectivity index (χ1) is 12.5. The van der Waals surface area contributed by atoms with Crippen molar-refractivity contribution in [3.8, 4) is 0 Å². The number of anilines is 1. The van der Waals surface area contributed by atoms with E-state index in [0.717, 1.165) is 10.4 Å². The number of thiocarbonyl (C=S) groups is 1. The zero-order valence-corrected chi connectivity index (χ0v) is 17.1. The topological polar surface area (TPSA) is 62.3 Å². The van der Waals surface area contributed by atoms with Crippen LogP contribution in [0.5, 0.6) is 0 Å². The Morgan fingerprint density at radius 2 is 2.27 bits per heavy atom. The van der Waals surface area contributed by atoms with Gasteiger partial charge in [0, 0.05) is 22.5 Å². The molecule has 0 radical (unpaired) electrons. The number of thioether (sulfide) groups is 1. The minimum Gasteiger partial charge on any atom is -0.300 e. The summed E-state index contributed by atoms with van der Waals surface area (Å²) in [5.74, 6) is -0.403. The van der Waals surface area contributed by atoms with Crippen LogP contribution in [0.1, 0.15) is 23.8 Å². The van der Waals surface area contributed by atoms with Gasteiger partial charge in [-0.25, -0.2) is 4.98 Å². The molecule has 1 aliphatic heterocycles. The molecule has 1 aliphatic rings. The van der Waals surface area contributed by atoms with Gasteiger partial charge in [0.25, 0.3) is 0 Å². The Morgan fingerprint density at radius 1 is 1.46 bits per heavy atom. The highest BCUT2D eigenvalue weighted by Gasteiger charge is 2.36. The van der Waals surface area contributed by atoms with Crippen molar-refractivity contribution >= 4 is 68.2 Å². The number of amides is 2. The fraction of sp³-hybridized carbons (Fsp3) is 0.294. The Labute approximate surface area is 170 Å². The lowest BCUT2D eigenvalue weighted by Gasteiger charge is -2.14. The highest BCUT2D eigenvalue weighted by Crippen LogP contribution is 2.29. The zero-order valence-electron chi connectivity index (χ0n) is 13.9. The molecule has 5 nitrogen and oxygen atoms in total. The minimum atomic E-state index is -0.304. The Kier molecular flexibility index (Phi) is 6.29. The molecular formula is C17H16ClN3O2S3. The predicted molar refractivity (Wildman–Crippen MR) is 111 cm³/mol. The van der Waals surface area contributed by atoms with E-state index in [1.165, 1.54) is 28.0 Å². The van der Waals surface area contributed by atoms with E-state index in [0.29, 0.717) is 27.3 Å². The van der Waals surface area contributed by atoms with Crippen molar-refractivity contribution in [1.29, 1.82) is 0 Å². The van der Waals surface area contributed by atoms with Crippen molar-refractivity contribution in [2.24, 2.45) is 0 Å². The van der Waals surface area contributed by atoms with Gasteiger partial charge >= 0.3 is 0 Å². The molecule has 3 rings (SSSR count). The first-order valence-corrected chi connectivity index (χ1v) is 10.5. The highest BCUT2D eigenvalue weighted by molar-refractivity contribution is 8.24. The molecule has 0 bridgehead atoms. The minimum absolute atomic E-state index is 0.0790. The maximum absolute atomic E-state index is 12.2. The Balaban J connectivity index is 1.58. The van der Waals surface area contributed by atoms with Crippen LogP contribution in [0.25, 0.3) is 0 Å². The van der Waals surface area contributed by atoms with Gasteiger partial charge in [0.1, 0.15) is 10.9 Å². The molecule has 0 saturated carbocycles. The number of rotatable bonds is 6. The van der Waals surface area contributed by atoms with Crippen LogP contribution < -0.4 is 5.32 Å². The monoisotopic (exact) mass is 425 g/mol. The number of aromatic nitrogens is 1. The van der Waals surface area contributed by atoms with Crippen molar-refractivity contribution in [3.63, 3.8) is 0 Å². The summed E-state index contributed by atoms with van der Waals surface area (Å²) in [6, 6.07) is 7.63. The quantitative estimate of drug-likeness (QED) is 0.709. The summed E-state index contributed by atoms with van der Waals surface area (Å²) in [5.41, 5.74) is 1.08. The van der Waals surface area contributed by atoms with Gasteiger partial charge in [-0.2, -0.15) is 0 Å². The highest BCUT2D eigenvalue weighted by atomic mass is 35.5. The largest absolute Gasteiger partial charge is 0.300 e. The summed E-state index contributed by atoms with van der Waals surface area (Å²) in [6.45, 7) is 1.85. The van der Waals surface area contributed by atoms with Crippen LogP contribution >= 0.6 is 46.9 Å². The van der Waals surface area contributed by atoms with Gasteiger partial charge in [-0.05, 0) is 24.1 Å². The van der Waals surface area contributed by atoms with Crippen LogP contribution in [0.3, 0.4) is 0 Å². The second kappa shape index (κ2) is 8.47. The lowest BCUT2D eigenvalue weighted by Crippen LogP contribution is -2.38. The van der Waals surface area contributed by atoms with E-state index in [2.05, 4.69) is 10.3 Å². The number of benzene rings is 1.